The Balaban J connectivity index is 1.06. The van der Waals surface area contributed by atoms with Gasteiger partial charge in [0.2, 0.25) is 0 Å². The van der Waals surface area contributed by atoms with Gasteiger partial charge in [0.15, 0.2) is 6.29 Å². The Morgan fingerprint density at radius 1 is 0.938 bits per heavy atom. The molecule has 5 atom stereocenters. The molecule has 3 aromatic carbocycles. The molecule has 5 N–H and O–H groups in total. The number of hydrogen-bond donors (Lipinski definition) is 5. The van der Waals surface area contributed by atoms with Crippen molar-refractivity contribution in [3.63, 3.8) is 0 Å². The van der Waals surface area contributed by atoms with Gasteiger partial charge in [-0.3, -0.25) is 0 Å². The quantitative estimate of drug-likeness (QED) is 0.171. The first kappa shape index (κ1) is 33.0. The molecule has 5 fully saturated rings. The Morgan fingerprint density at radius 2 is 1.62 bits per heavy atom. The zero-order valence-electron chi connectivity index (χ0n) is 27.9. The number of nitrogens with zero attached hydrogens (tertiary/aromatic N) is 1. The average Bonchev–Trinajstić information content (AvgIpc) is 3.05. The van der Waals surface area contributed by atoms with Gasteiger partial charge in [-0.05, 0) is 104 Å². The average molecular weight is 656 g/mol. The molecule has 0 spiro atoms. The van der Waals surface area contributed by atoms with Crippen molar-refractivity contribution in [1.29, 1.82) is 0 Å². The third-order valence-corrected chi connectivity index (χ3v) is 11.2. The molecule has 9 heteroatoms. The Hall–Kier alpha value is -3.47. The number of urea groups is 1. The number of aliphatic hydroxyl groups is 2. The van der Waals surface area contributed by atoms with Gasteiger partial charge in [-0.1, -0.05) is 55.5 Å². The molecule has 256 valence electrons. The van der Waals surface area contributed by atoms with Gasteiger partial charge in [-0.15, -0.1) is 0 Å². The molecular weight excluding hydrogens is 606 g/mol. The number of aliphatic hydroxyl groups excluding tert-OH is 2. The van der Waals surface area contributed by atoms with Crippen LogP contribution in [0.5, 0.6) is 5.75 Å². The van der Waals surface area contributed by atoms with Crippen molar-refractivity contribution in [2.45, 2.75) is 82.2 Å². The van der Waals surface area contributed by atoms with Crippen molar-refractivity contribution in [2.75, 3.05) is 25.5 Å². The summed E-state index contributed by atoms with van der Waals surface area (Å²) in [7, 11) is 1.95. The van der Waals surface area contributed by atoms with E-state index in [1.807, 2.05) is 60.5 Å². The van der Waals surface area contributed by atoms with Crippen LogP contribution in [-0.4, -0.2) is 58.0 Å². The maximum absolute atomic E-state index is 13.4. The van der Waals surface area contributed by atoms with Gasteiger partial charge in [-0.25, -0.2) is 4.79 Å². The van der Waals surface area contributed by atoms with Crippen LogP contribution < -0.4 is 10.6 Å². The van der Waals surface area contributed by atoms with Crippen LogP contribution in [0, 0.1) is 23.7 Å². The summed E-state index contributed by atoms with van der Waals surface area (Å²) in [6.07, 6.45) is 5.25. The van der Waals surface area contributed by atoms with E-state index in [1.165, 1.54) is 19.3 Å². The lowest BCUT2D eigenvalue weighted by Crippen LogP contribution is -2.60. The maximum Gasteiger partial charge on any atom is 0.319 e. The molecule has 3 aromatic rings. The SMILES string of the molecule is C[C@@H]1[C@H](CN(C)C[C@@H](O)c2cccc(O)c2)O[C@H](c2cccc(NC(=O)NC34CC5CC(CC(C5)C3)C4)c2)O[C@@H]1c1ccc(CO)cc1. The van der Waals surface area contributed by atoms with E-state index in [4.69, 9.17) is 9.47 Å². The summed E-state index contributed by atoms with van der Waals surface area (Å²) < 4.78 is 13.3. The number of amides is 2. The minimum Gasteiger partial charge on any atom is -0.508 e. The zero-order chi connectivity index (χ0) is 33.4. The molecule has 2 amide bonds. The van der Waals surface area contributed by atoms with Crippen LogP contribution in [-0.2, 0) is 16.1 Å². The van der Waals surface area contributed by atoms with E-state index in [9.17, 15) is 20.1 Å². The molecule has 0 radical (unpaired) electrons. The third kappa shape index (κ3) is 7.26. The summed E-state index contributed by atoms with van der Waals surface area (Å²) in [5.74, 6) is 2.33. The van der Waals surface area contributed by atoms with Crippen molar-refractivity contribution in [3.8, 4) is 5.75 Å². The normalized spacial score (nSPS) is 31.5. The van der Waals surface area contributed by atoms with Gasteiger partial charge in [0, 0.05) is 35.8 Å². The number of nitrogens with one attached hydrogen (secondary N) is 2. The number of hydrogen-bond acceptors (Lipinski definition) is 7. The fraction of sp³-hybridized carbons (Fsp3) is 0.513. The van der Waals surface area contributed by atoms with E-state index in [2.05, 4.69) is 17.6 Å². The number of carbonyl (C=O) groups is 1. The molecule has 4 bridgehead atoms. The fourth-order valence-corrected chi connectivity index (χ4v) is 9.27. The fourth-order valence-electron chi connectivity index (χ4n) is 9.27. The smallest absolute Gasteiger partial charge is 0.319 e. The monoisotopic (exact) mass is 655 g/mol. The van der Waals surface area contributed by atoms with Crippen LogP contribution in [0.3, 0.4) is 0 Å². The summed E-state index contributed by atoms with van der Waals surface area (Å²) in [4.78, 5) is 15.4. The number of benzene rings is 3. The van der Waals surface area contributed by atoms with Gasteiger partial charge in [-0.2, -0.15) is 0 Å². The van der Waals surface area contributed by atoms with Crippen LogP contribution in [0.15, 0.2) is 72.8 Å². The number of aromatic hydroxyl groups is 1. The first-order chi connectivity index (χ1) is 23.1. The highest BCUT2D eigenvalue weighted by molar-refractivity contribution is 5.90. The summed E-state index contributed by atoms with van der Waals surface area (Å²) >= 11 is 0. The van der Waals surface area contributed by atoms with Gasteiger partial charge in [0.25, 0.3) is 0 Å². The third-order valence-electron chi connectivity index (χ3n) is 11.2. The van der Waals surface area contributed by atoms with Crippen LogP contribution in [0.25, 0.3) is 0 Å². The second kappa shape index (κ2) is 13.8. The Labute approximate surface area is 283 Å². The molecule has 5 aliphatic rings. The molecule has 9 nitrogen and oxygen atoms in total. The predicted octanol–water partition coefficient (Wildman–Crippen LogP) is 6.43. The lowest BCUT2D eigenvalue weighted by Gasteiger charge is -2.56. The second-order valence-electron chi connectivity index (χ2n) is 15.1. The van der Waals surface area contributed by atoms with E-state index >= 15 is 0 Å². The molecule has 0 aromatic heterocycles. The van der Waals surface area contributed by atoms with E-state index in [1.54, 1.807) is 24.3 Å². The van der Waals surface area contributed by atoms with Crippen molar-refractivity contribution < 1.29 is 29.6 Å². The summed E-state index contributed by atoms with van der Waals surface area (Å²) in [6.45, 7) is 2.97. The molecule has 4 saturated carbocycles. The number of anilines is 1. The molecular formula is C39H49N3O6. The molecule has 48 heavy (non-hydrogen) atoms. The van der Waals surface area contributed by atoms with Crippen LogP contribution in [0.1, 0.15) is 86.2 Å². The molecule has 1 saturated heterocycles. The number of ether oxygens (including phenoxy) is 2. The maximum atomic E-state index is 13.4. The van der Waals surface area contributed by atoms with Crippen molar-refractivity contribution in [2.24, 2.45) is 23.7 Å². The summed E-state index contributed by atoms with van der Waals surface area (Å²) in [6, 6.07) is 22.1. The lowest BCUT2D eigenvalue weighted by atomic mass is 9.53. The standard InChI is InChI=1S/C39H49N3O6/c1-24-35(22-42(2)21-34(45)30-5-4-8-33(44)17-30)47-37(48-36(24)29-11-9-25(23-43)10-12-29)31-6-3-7-32(16-31)40-38(46)41-39-18-26-13-27(19-39)15-28(14-26)20-39/h3-12,16-17,24,26-28,34-37,43-45H,13-15,18-23H2,1-2H3,(H2,40,41,46)/t24-,26?,27?,28?,34-,35+,36+,37+,39?/m1/s1. The Bertz CT molecular complexity index is 1540. The highest BCUT2D eigenvalue weighted by atomic mass is 16.7. The predicted molar refractivity (Wildman–Crippen MR) is 183 cm³/mol. The number of phenols is 1. The van der Waals surface area contributed by atoms with E-state index in [0.29, 0.717) is 24.3 Å². The lowest BCUT2D eigenvalue weighted by molar-refractivity contribution is -0.276. The molecule has 1 aliphatic heterocycles. The van der Waals surface area contributed by atoms with Crippen LogP contribution in [0.2, 0.25) is 0 Å². The van der Waals surface area contributed by atoms with Crippen molar-refractivity contribution >= 4 is 11.7 Å². The Morgan fingerprint density at radius 3 is 2.29 bits per heavy atom. The van der Waals surface area contributed by atoms with E-state index in [-0.39, 0.29) is 42.1 Å². The van der Waals surface area contributed by atoms with E-state index < -0.39 is 12.4 Å². The summed E-state index contributed by atoms with van der Waals surface area (Å²) in [5, 5.41) is 36.9. The number of carbonyl (C=O) groups excluding carboxylic acids is 1. The zero-order valence-corrected chi connectivity index (χ0v) is 27.9. The van der Waals surface area contributed by atoms with Gasteiger partial charge in [0.05, 0.1) is 24.9 Å². The highest BCUT2D eigenvalue weighted by Gasteiger charge is 2.51. The summed E-state index contributed by atoms with van der Waals surface area (Å²) in [5.41, 5.74) is 3.89. The topological polar surface area (TPSA) is 124 Å². The minimum absolute atomic E-state index is 0.0295. The van der Waals surface area contributed by atoms with Crippen molar-refractivity contribution in [1.82, 2.24) is 10.2 Å². The van der Waals surface area contributed by atoms with Gasteiger partial charge >= 0.3 is 6.03 Å². The van der Waals surface area contributed by atoms with Gasteiger partial charge in [0.1, 0.15) is 5.75 Å². The first-order valence-corrected chi connectivity index (χ1v) is 17.5. The molecule has 4 aliphatic carbocycles. The Kier molecular flexibility index (Phi) is 9.50. The van der Waals surface area contributed by atoms with Crippen LogP contribution >= 0.6 is 0 Å². The van der Waals surface area contributed by atoms with E-state index in [0.717, 1.165) is 53.7 Å². The number of likely N-dealkylation sites (N-methyl/N-ethyl adjacent to an activating group) is 1. The van der Waals surface area contributed by atoms with Crippen LogP contribution in [0.4, 0.5) is 10.5 Å². The number of phenolic OH excluding ortho intramolecular Hbond substituents is 1. The molecule has 8 rings (SSSR count). The highest BCUT2D eigenvalue weighted by Crippen LogP contribution is 2.55. The molecule has 1 heterocycles. The molecule has 0 unspecified atom stereocenters. The largest absolute Gasteiger partial charge is 0.508 e. The number of rotatable bonds is 10. The van der Waals surface area contributed by atoms with Gasteiger partial charge < -0.3 is 40.3 Å². The first-order valence-electron chi connectivity index (χ1n) is 17.5. The van der Waals surface area contributed by atoms with Crippen molar-refractivity contribution in [3.05, 3.63) is 95.1 Å². The minimum atomic E-state index is -0.776. The second-order valence-corrected chi connectivity index (χ2v) is 15.1.